The van der Waals surface area contributed by atoms with Crippen LogP contribution in [0, 0.1) is 19.8 Å². The van der Waals surface area contributed by atoms with Crippen LogP contribution < -0.4 is 0 Å². The first-order chi connectivity index (χ1) is 7.00. The monoisotopic (exact) mass is 204 g/mol. The molecule has 0 atom stereocenters. The molecule has 0 bridgehead atoms. The molecule has 1 heteroatoms. The first-order valence-corrected chi connectivity index (χ1v) is 5.57. The number of hydrogen-bond acceptors (Lipinski definition) is 1. The highest BCUT2D eigenvalue weighted by molar-refractivity contribution is 5.81. The Labute approximate surface area is 92.5 Å². The number of carbonyl (C=O) groups is 1. The number of benzene rings is 1. The lowest BCUT2D eigenvalue weighted by molar-refractivity contribution is -0.119. The molecular formula is C14H20O. The van der Waals surface area contributed by atoms with Crippen molar-refractivity contribution in [3.05, 3.63) is 34.9 Å². The molecular weight excluding hydrogens is 184 g/mol. The Morgan fingerprint density at radius 3 is 2.20 bits per heavy atom. The normalized spacial score (nSPS) is 10.7. The molecule has 0 unspecified atom stereocenters. The lowest BCUT2D eigenvalue weighted by atomic mass is 9.95. The first kappa shape index (κ1) is 12.0. The standard InChI is InChI=1S/C14H20O/c1-10(2)8-13(15)9-14-11(3)6-5-7-12(14)4/h5-7,10H,8-9H2,1-4H3. The summed E-state index contributed by atoms with van der Waals surface area (Å²) in [6.45, 7) is 8.32. The Morgan fingerprint density at radius 2 is 1.73 bits per heavy atom. The van der Waals surface area contributed by atoms with Crippen LogP contribution in [0.4, 0.5) is 0 Å². The molecule has 15 heavy (non-hydrogen) atoms. The minimum absolute atomic E-state index is 0.349. The van der Waals surface area contributed by atoms with Crippen LogP contribution in [0.2, 0.25) is 0 Å². The van der Waals surface area contributed by atoms with Crippen LogP contribution >= 0.6 is 0 Å². The third-order valence-electron chi connectivity index (χ3n) is 2.65. The van der Waals surface area contributed by atoms with Crippen molar-refractivity contribution < 1.29 is 4.79 Å². The van der Waals surface area contributed by atoms with Crippen LogP contribution in [-0.2, 0) is 11.2 Å². The average Bonchev–Trinajstić information content (AvgIpc) is 2.10. The van der Waals surface area contributed by atoms with Crippen molar-refractivity contribution >= 4 is 5.78 Å². The zero-order valence-electron chi connectivity index (χ0n) is 10.1. The quantitative estimate of drug-likeness (QED) is 0.734. The second-order valence-electron chi connectivity index (χ2n) is 4.68. The van der Waals surface area contributed by atoms with Crippen molar-refractivity contribution in [3.63, 3.8) is 0 Å². The molecule has 0 radical (unpaired) electrons. The van der Waals surface area contributed by atoms with Gasteiger partial charge in [0.05, 0.1) is 0 Å². The molecule has 0 amide bonds. The summed E-state index contributed by atoms with van der Waals surface area (Å²) < 4.78 is 0. The number of ketones is 1. The van der Waals surface area contributed by atoms with E-state index < -0.39 is 0 Å². The largest absolute Gasteiger partial charge is 0.299 e. The van der Waals surface area contributed by atoms with Gasteiger partial charge in [-0.1, -0.05) is 32.0 Å². The minimum atomic E-state index is 0.349. The Hall–Kier alpha value is -1.11. The summed E-state index contributed by atoms with van der Waals surface area (Å²) in [5.74, 6) is 0.809. The second kappa shape index (κ2) is 5.11. The van der Waals surface area contributed by atoms with Crippen molar-refractivity contribution in [1.82, 2.24) is 0 Å². The van der Waals surface area contributed by atoms with Gasteiger partial charge in [0.15, 0.2) is 0 Å². The van der Waals surface area contributed by atoms with Crippen LogP contribution in [0.3, 0.4) is 0 Å². The Kier molecular flexibility index (Phi) is 4.07. The fourth-order valence-corrected chi connectivity index (χ4v) is 1.85. The summed E-state index contributed by atoms with van der Waals surface area (Å²) in [5.41, 5.74) is 3.67. The maximum atomic E-state index is 11.7. The predicted octanol–water partition coefficient (Wildman–Crippen LogP) is 3.46. The molecule has 0 heterocycles. The molecule has 1 rings (SSSR count). The average molecular weight is 204 g/mol. The maximum Gasteiger partial charge on any atom is 0.137 e. The van der Waals surface area contributed by atoms with Gasteiger partial charge in [0.2, 0.25) is 0 Å². The fourth-order valence-electron chi connectivity index (χ4n) is 1.85. The van der Waals surface area contributed by atoms with E-state index in [2.05, 4.69) is 39.8 Å². The number of hydrogen-bond donors (Lipinski definition) is 0. The molecule has 0 fully saturated rings. The molecule has 0 saturated carbocycles. The lowest BCUT2D eigenvalue weighted by Crippen LogP contribution is -2.08. The molecule has 0 aliphatic carbocycles. The highest BCUT2D eigenvalue weighted by Crippen LogP contribution is 2.15. The van der Waals surface area contributed by atoms with Crippen LogP contribution in [0.15, 0.2) is 18.2 Å². The highest BCUT2D eigenvalue weighted by atomic mass is 16.1. The number of rotatable bonds is 4. The molecule has 0 N–H and O–H groups in total. The van der Waals surface area contributed by atoms with Crippen molar-refractivity contribution in [3.8, 4) is 0 Å². The molecule has 0 aromatic heterocycles. The number of carbonyl (C=O) groups excluding carboxylic acids is 1. The van der Waals surface area contributed by atoms with Crippen LogP contribution in [0.25, 0.3) is 0 Å². The Morgan fingerprint density at radius 1 is 1.20 bits per heavy atom. The Balaban J connectivity index is 2.76. The third-order valence-corrected chi connectivity index (χ3v) is 2.65. The third kappa shape index (κ3) is 3.50. The summed E-state index contributed by atoms with van der Waals surface area (Å²) in [5, 5.41) is 0. The van der Waals surface area contributed by atoms with E-state index in [-0.39, 0.29) is 0 Å². The second-order valence-corrected chi connectivity index (χ2v) is 4.68. The SMILES string of the molecule is Cc1cccc(C)c1CC(=O)CC(C)C. The van der Waals surface area contributed by atoms with E-state index in [0.29, 0.717) is 24.5 Å². The highest BCUT2D eigenvalue weighted by Gasteiger charge is 2.09. The molecule has 0 aliphatic rings. The summed E-state index contributed by atoms with van der Waals surface area (Å²) in [6, 6.07) is 6.19. The smallest absolute Gasteiger partial charge is 0.137 e. The predicted molar refractivity (Wildman–Crippen MR) is 64.1 cm³/mol. The van der Waals surface area contributed by atoms with E-state index in [0.717, 1.165) is 0 Å². The zero-order valence-corrected chi connectivity index (χ0v) is 10.1. The van der Waals surface area contributed by atoms with Gasteiger partial charge in [0, 0.05) is 12.8 Å². The van der Waals surface area contributed by atoms with E-state index >= 15 is 0 Å². The first-order valence-electron chi connectivity index (χ1n) is 5.57. The fraction of sp³-hybridized carbons (Fsp3) is 0.500. The van der Waals surface area contributed by atoms with Gasteiger partial charge in [-0.15, -0.1) is 0 Å². The van der Waals surface area contributed by atoms with Crippen molar-refractivity contribution in [2.75, 3.05) is 0 Å². The van der Waals surface area contributed by atoms with E-state index in [1.807, 2.05) is 6.07 Å². The molecule has 1 nitrogen and oxygen atoms in total. The molecule has 0 saturated heterocycles. The minimum Gasteiger partial charge on any atom is -0.299 e. The van der Waals surface area contributed by atoms with Gasteiger partial charge in [-0.3, -0.25) is 4.79 Å². The molecule has 1 aromatic carbocycles. The van der Waals surface area contributed by atoms with Gasteiger partial charge in [0.1, 0.15) is 5.78 Å². The number of aryl methyl sites for hydroxylation is 2. The van der Waals surface area contributed by atoms with Crippen molar-refractivity contribution in [2.24, 2.45) is 5.92 Å². The molecule has 0 spiro atoms. The zero-order chi connectivity index (χ0) is 11.4. The number of Topliss-reactive ketones (excluding diaryl/α,β-unsaturated/α-hetero) is 1. The van der Waals surface area contributed by atoms with Gasteiger partial charge in [-0.2, -0.15) is 0 Å². The topological polar surface area (TPSA) is 17.1 Å². The van der Waals surface area contributed by atoms with Gasteiger partial charge >= 0.3 is 0 Å². The van der Waals surface area contributed by atoms with E-state index in [1.165, 1.54) is 16.7 Å². The summed E-state index contributed by atoms with van der Waals surface area (Å²) in [4.78, 5) is 11.7. The van der Waals surface area contributed by atoms with Crippen LogP contribution in [0.5, 0.6) is 0 Å². The van der Waals surface area contributed by atoms with Crippen LogP contribution in [0.1, 0.15) is 37.0 Å². The molecule has 0 aliphatic heterocycles. The van der Waals surface area contributed by atoms with Crippen LogP contribution in [-0.4, -0.2) is 5.78 Å². The summed E-state index contributed by atoms with van der Waals surface area (Å²) >= 11 is 0. The lowest BCUT2D eigenvalue weighted by Gasteiger charge is -2.09. The van der Waals surface area contributed by atoms with E-state index in [1.54, 1.807) is 0 Å². The van der Waals surface area contributed by atoms with Gasteiger partial charge in [-0.05, 0) is 36.5 Å². The molecule has 82 valence electrons. The van der Waals surface area contributed by atoms with E-state index in [4.69, 9.17) is 0 Å². The van der Waals surface area contributed by atoms with Crippen molar-refractivity contribution in [2.45, 2.75) is 40.5 Å². The van der Waals surface area contributed by atoms with Gasteiger partial charge in [-0.25, -0.2) is 0 Å². The Bertz CT molecular complexity index is 330. The van der Waals surface area contributed by atoms with Crippen molar-refractivity contribution in [1.29, 1.82) is 0 Å². The van der Waals surface area contributed by atoms with Gasteiger partial charge in [0.25, 0.3) is 0 Å². The summed E-state index contributed by atoms with van der Waals surface area (Å²) in [6.07, 6.45) is 1.28. The molecule has 1 aromatic rings. The van der Waals surface area contributed by atoms with E-state index in [9.17, 15) is 4.79 Å². The van der Waals surface area contributed by atoms with Gasteiger partial charge < -0.3 is 0 Å². The summed E-state index contributed by atoms with van der Waals surface area (Å²) in [7, 11) is 0. The maximum absolute atomic E-state index is 11.7.